The maximum absolute atomic E-state index is 2.45. The van der Waals surface area contributed by atoms with Gasteiger partial charge >= 0.3 is 0 Å². The molecular weight excluding hydrogens is 338 g/mol. The lowest BCUT2D eigenvalue weighted by Gasteiger charge is -2.33. The van der Waals surface area contributed by atoms with Crippen molar-refractivity contribution in [2.75, 3.05) is 4.90 Å². The maximum atomic E-state index is 2.45. The quantitative estimate of drug-likeness (QED) is 0.353. The summed E-state index contributed by atoms with van der Waals surface area (Å²) in [5.41, 5.74) is 7.43. The summed E-state index contributed by atoms with van der Waals surface area (Å²) < 4.78 is 0. The topological polar surface area (TPSA) is 3.24 Å². The molecule has 0 unspecified atom stereocenters. The van der Waals surface area contributed by atoms with Gasteiger partial charge in [0, 0.05) is 28.5 Å². The van der Waals surface area contributed by atoms with Crippen molar-refractivity contribution in [3.8, 4) is 22.3 Å². The molecule has 0 amide bonds. The van der Waals surface area contributed by atoms with E-state index in [0.29, 0.717) is 6.04 Å². The maximum Gasteiger partial charge on any atom is 0.0493 e. The van der Waals surface area contributed by atoms with E-state index in [0.717, 1.165) is 0 Å². The van der Waals surface area contributed by atoms with Gasteiger partial charge in [-0.15, -0.1) is 0 Å². The van der Waals surface area contributed by atoms with Gasteiger partial charge in [-0.05, 0) is 37.1 Å². The largest absolute Gasteiger partial charge is 0.338 e. The van der Waals surface area contributed by atoms with Crippen molar-refractivity contribution < 1.29 is 0 Å². The molecule has 0 saturated carbocycles. The van der Waals surface area contributed by atoms with Crippen molar-refractivity contribution in [1.29, 1.82) is 0 Å². The van der Waals surface area contributed by atoms with Gasteiger partial charge in [0.15, 0.2) is 0 Å². The number of anilines is 2. The molecule has 0 fully saturated rings. The normalized spacial score (nSPS) is 10.8. The highest BCUT2D eigenvalue weighted by Crippen LogP contribution is 2.40. The van der Waals surface area contributed by atoms with Gasteiger partial charge in [-0.3, -0.25) is 0 Å². The zero-order valence-corrected chi connectivity index (χ0v) is 16.4. The van der Waals surface area contributed by atoms with E-state index in [1.54, 1.807) is 0 Å². The standard InChI is InChI=1S/C27H25N/c1-21(2)28(26-19-11-9-17-24(26)22-13-5-3-6-14-22)27-20-12-10-18-25(27)23-15-7-4-8-16-23/h3-21H,1-2H3. The number of para-hydroxylation sites is 2. The Bertz CT molecular complexity index is 953. The first kappa shape index (κ1) is 18.1. The zero-order valence-electron chi connectivity index (χ0n) is 16.4. The Morgan fingerprint density at radius 2 is 0.821 bits per heavy atom. The van der Waals surface area contributed by atoms with Crippen molar-refractivity contribution in [2.24, 2.45) is 0 Å². The number of hydrogen-bond donors (Lipinski definition) is 0. The van der Waals surface area contributed by atoms with Gasteiger partial charge in [0.25, 0.3) is 0 Å². The first-order valence-corrected chi connectivity index (χ1v) is 9.84. The predicted octanol–water partition coefficient (Wildman–Crippen LogP) is 7.57. The molecule has 0 heterocycles. The lowest BCUT2D eigenvalue weighted by atomic mass is 9.98. The fourth-order valence-corrected chi connectivity index (χ4v) is 3.78. The van der Waals surface area contributed by atoms with Gasteiger partial charge in [-0.1, -0.05) is 97.1 Å². The van der Waals surface area contributed by atoms with Gasteiger partial charge < -0.3 is 4.90 Å². The first-order valence-electron chi connectivity index (χ1n) is 9.84. The summed E-state index contributed by atoms with van der Waals surface area (Å²) in [5.74, 6) is 0. The van der Waals surface area contributed by atoms with Gasteiger partial charge in [0.2, 0.25) is 0 Å². The second-order valence-corrected chi connectivity index (χ2v) is 7.23. The van der Waals surface area contributed by atoms with E-state index < -0.39 is 0 Å². The van der Waals surface area contributed by atoms with E-state index in [-0.39, 0.29) is 0 Å². The van der Waals surface area contributed by atoms with Crippen molar-refractivity contribution in [2.45, 2.75) is 19.9 Å². The van der Waals surface area contributed by atoms with E-state index >= 15 is 0 Å². The second-order valence-electron chi connectivity index (χ2n) is 7.23. The Kier molecular flexibility index (Phi) is 5.25. The number of nitrogens with zero attached hydrogens (tertiary/aromatic N) is 1. The molecule has 4 rings (SSSR count). The molecule has 0 aromatic heterocycles. The SMILES string of the molecule is CC(C)N(c1ccccc1-c1ccccc1)c1ccccc1-c1ccccc1. The Hall–Kier alpha value is -3.32. The summed E-state index contributed by atoms with van der Waals surface area (Å²) in [5, 5.41) is 0. The van der Waals surface area contributed by atoms with Crippen molar-refractivity contribution in [1.82, 2.24) is 0 Å². The molecule has 0 aliphatic rings. The van der Waals surface area contributed by atoms with E-state index in [1.165, 1.54) is 33.6 Å². The van der Waals surface area contributed by atoms with E-state index in [9.17, 15) is 0 Å². The first-order chi connectivity index (χ1) is 13.8. The molecule has 4 aromatic carbocycles. The highest BCUT2D eigenvalue weighted by Gasteiger charge is 2.20. The molecule has 0 atom stereocenters. The summed E-state index contributed by atoms with van der Waals surface area (Å²) in [4.78, 5) is 2.45. The average Bonchev–Trinajstić information content (AvgIpc) is 2.76. The van der Waals surface area contributed by atoms with Crippen LogP contribution in [0.3, 0.4) is 0 Å². The third-order valence-corrected chi connectivity index (χ3v) is 5.01. The van der Waals surface area contributed by atoms with Gasteiger partial charge in [-0.2, -0.15) is 0 Å². The van der Waals surface area contributed by atoms with Crippen LogP contribution in [0.2, 0.25) is 0 Å². The van der Waals surface area contributed by atoms with Crippen LogP contribution < -0.4 is 4.90 Å². The van der Waals surface area contributed by atoms with Crippen molar-refractivity contribution in [3.63, 3.8) is 0 Å². The highest BCUT2D eigenvalue weighted by atomic mass is 15.2. The van der Waals surface area contributed by atoms with Crippen LogP contribution in [0.25, 0.3) is 22.3 Å². The van der Waals surface area contributed by atoms with Crippen LogP contribution in [-0.4, -0.2) is 6.04 Å². The van der Waals surface area contributed by atoms with Crippen LogP contribution in [0.4, 0.5) is 11.4 Å². The predicted molar refractivity (Wildman–Crippen MR) is 121 cm³/mol. The minimum atomic E-state index is 0.315. The number of hydrogen-bond acceptors (Lipinski definition) is 1. The Morgan fingerprint density at radius 1 is 0.464 bits per heavy atom. The van der Waals surface area contributed by atoms with Gasteiger partial charge in [-0.25, -0.2) is 0 Å². The summed E-state index contributed by atoms with van der Waals surface area (Å²) in [6, 6.07) is 38.9. The lowest BCUT2D eigenvalue weighted by Crippen LogP contribution is -2.26. The van der Waals surface area contributed by atoms with Gasteiger partial charge in [0.1, 0.15) is 0 Å². The molecule has 1 heteroatoms. The molecule has 0 bridgehead atoms. The fraction of sp³-hybridized carbons (Fsp3) is 0.111. The summed E-state index contributed by atoms with van der Waals surface area (Å²) in [6.45, 7) is 4.51. The summed E-state index contributed by atoms with van der Waals surface area (Å²) in [7, 11) is 0. The highest BCUT2D eigenvalue weighted by molar-refractivity contribution is 5.88. The summed E-state index contributed by atoms with van der Waals surface area (Å²) in [6.07, 6.45) is 0. The van der Waals surface area contributed by atoms with E-state index in [4.69, 9.17) is 0 Å². The molecule has 28 heavy (non-hydrogen) atoms. The van der Waals surface area contributed by atoms with Crippen molar-refractivity contribution >= 4 is 11.4 Å². The van der Waals surface area contributed by atoms with Crippen LogP contribution in [0.5, 0.6) is 0 Å². The molecular formula is C27H25N. The van der Waals surface area contributed by atoms with Crippen LogP contribution in [0, 0.1) is 0 Å². The molecule has 0 N–H and O–H groups in total. The second kappa shape index (κ2) is 8.14. The molecule has 4 aromatic rings. The fourth-order valence-electron chi connectivity index (χ4n) is 3.78. The number of benzene rings is 4. The third kappa shape index (κ3) is 3.57. The molecule has 1 nitrogen and oxygen atoms in total. The molecule has 0 spiro atoms. The van der Waals surface area contributed by atoms with E-state index in [1.807, 2.05) is 0 Å². The minimum absolute atomic E-state index is 0.315. The van der Waals surface area contributed by atoms with Gasteiger partial charge in [0.05, 0.1) is 0 Å². The lowest BCUT2D eigenvalue weighted by molar-refractivity contribution is 0.790. The number of rotatable bonds is 5. The Morgan fingerprint density at radius 3 is 1.21 bits per heavy atom. The molecule has 0 saturated heterocycles. The van der Waals surface area contributed by atoms with Crippen molar-refractivity contribution in [3.05, 3.63) is 109 Å². The molecule has 0 aliphatic carbocycles. The third-order valence-electron chi connectivity index (χ3n) is 5.01. The monoisotopic (exact) mass is 363 g/mol. The average molecular weight is 364 g/mol. The summed E-state index contributed by atoms with van der Waals surface area (Å²) >= 11 is 0. The molecule has 0 aliphatic heterocycles. The smallest absolute Gasteiger partial charge is 0.0493 e. The Labute approximate surface area is 167 Å². The molecule has 138 valence electrons. The minimum Gasteiger partial charge on any atom is -0.338 e. The van der Waals surface area contributed by atoms with Crippen LogP contribution in [0.1, 0.15) is 13.8 Å². The van der Waals surface area contributed by atoms with Crippen LogP contribution >= 0.6 is 0 Å². The Balaban J connectivity index is 1.91. The van der Waals surface area contributed by atoms with E-state index in [2.05, 4.69) is 128 Å². The molecule has 0 radical (unpaired) electrons. The van der Waals surface area contributed by atoms with Crippen LogP contribution in [0.15, 0.2) is 109 Å². The zero-order chi connectivity index (χ0) is 19.3. The van der Waals surface area contributed by atoms with Crippen LogP contribution in [-0.2, 0) is 0 Å².